The molecule has 0 aliphatic carbocycles. The number of anilines is 1. The summed E-state index contributed by atoms with van der Waals surface area (Å²) in [5.41, 5.74) is 7.18. The van der Waals surface area contributed by atoms with Crippen molar-refractivity contribution in [1.82, 2.24) is 0 Å². The second kappa shape index (κ2) is 5.89. The highest BCUT2D eigenvalue weighted by Crippen LogP contribution is 2.27. The second-order valence-electron chi connectivity index (χ2n) is 5.25. The Hall–Kier alpha value is -2.82. The molecule has 1 heterocycles. The monoisotopic (exact) mass is 296 g/mol. The Morgan fingerprint density at radius 1 is 1.14 bits per heavy atom. The van der Waals surface area contributed by atoms with Gasteiger partial charge in [0.15, 0.2) is 0 Å². The fourth-order valence-electron chi connectivity index (χ4n) is 2.49. The number of para-hydroxylation sites is 1. The number of carbonyl (C=O) groups is 2. The van der Waals surface area contributed by atoms with E-state index >= 15 is 0 Å². The van der Waals surface area contributed by atoms with Crippen LogP contribution in [0.5, 0.6) is 5.75 Å². The topological polar surface area (TPSA) is 81.4 Å². The van der Waals surface area contributed by atoms with E-state index in [0.717, 1.165) is 11.3 Å². The molecule has 0 aromatic heterocycles. The van der Waals surface area contributed by atoms with Gasteiger partial charge in [-0.25, -0.2) is 0 Å². The summed E-state index contributed by atoms with van der Waals surface area (Å²) in [6.45, 7) is 0.346. The van der Waals surface area contributed by atoms with Crippen molar-refractivity contribution in [3.63, 3.8) is 0 Å². The predicted molar refractivity (Wildman–Crippen MR) is 82.7 cm³/mol. The Balaban J connectivity index is 1.71. The maximum absolute atomic E-state index is 12.4. The van der Waals surface area contributed by atoms with E-state index in [1.807, 2.05) is 24.3 Å². The summed E-state index contributed by atoms with van der Waals surface area (Å²) >= 11 is 0. The fraction of sp³-hybridized carbons (Fsp3) is 0.176. The first kappa shape index (κ1) is 14.1. The number of hydrogen-bond acceptors (Lipinski definition) is 3. The van der Waals surface area contributed by atoms with Crippen molar-refractivity contribution in [2.75, 3.05) is 11.9 Å². The average molecular weight is 296 g/mol. The molecule has 22 heavy (non-hydrogen) atoms. The van der Waals surface area contributed by atoms with Crippen molar-refractivity contribution in [2.45, 2.75) is 6.42 Å². The molecule has 0 radical (unpaired) electrons. The molecular formula is C17H16N2O3. The molecule has 3 rings (SSSR count). The Kier molecular flexibility index (Phi) is 3.78. The van der Waals surface area contributed by atoms with Crippen LogP contribution >= 0.6 is 0 Å². The highest BCUT2D eigenvalue weighted by atomic mass is 16.5. The Morgan fingerprint density at radius 3 is 2.77 bits per heavy atom. The van der Waals surface area contributed by atoms with Crippen molar-refractivity contribution in [3.05, 3.63) is 59.7 Å². The van der Waals surface area contributed by atoms with Gasteiger partial charge in [0.2, 0.25) is 11.8 Å². The van der Waals surface area contributed by atoms with Crippen molar-refractivity contribution in [1.29, 1.82) is 0 Å². The molecule has 112 valence electrons. The zero-order chi connectivity index (χ0) is 15.5. The molecule has 1 unspecified atom stereocenters. The Labute approximate surface area is 128 Å². The molecule has 5 nitrogen and oxygen atoms in total. The van der Waals surface area contributed by atoms with Gasteiger partial charge in [-0.2, -0.15) is 0 Å². The molecule has 3 N–H and O–H groups in total. The molecule has 1 aliphatic rings. The third-order valence-electron chi connectivity index (χ3n) is 3.66. The Bertz CT molecular complexity index is 727. The van der Waals surface area contributed by atoms with E-state index in [1.54, 1.807) is 24.3 Å². The maximum atomic E-state index is 12.4. The smallest absolute Gasteiger partial charge is 0.248 e. The van der Waals surface area contributed by atoms with Crippen molar-refractivity contribution < 1.29 is 14.3 Å². The van der Waals surface area contributed by atoms with E-state index in [0.29, 0.717) is 24.3 Å². The van der Waals surface area contributed by atoms with Crippen LogP contribution in [-0.4, -0.2) is 18.4 Å². The van der Waals surface area contributed by atoms with E-state index < -0.39 is 5.91 Å². The van der Waals surface area contributed by atoms with Crippen LogP contribution in [0.4, 0.5) is 5.69 Å². The molecule has 0 fully saturated rings. The van der Waals surface area contributed by atoms with E-state index in [4.69, 9.17) is 10.5 Å². The lowest BCUT2D eigenvalue weighted by Crippen LogP contribution is -2.32. The van der Waals surface area contributed by atoms with Crippen LogP contribution in [0, 0.1) is 5.92 Å². The van der Waals surface area contributed by atoms with Crippen molar-refractivity contribution in [2.24, 2.45) is 11.7 Å². The minimum absolute atomic E-state index is 0.129. The van der Waals surface area contributed by atoms with Gasteiger partial charge >= 0.3 is 0 Å². The van der Waals surface area contributed by atoms with E-state index in [2.05, 4.69) is 5.32 Å². The van der Waals surface area contributed by atoms with Crippen LogP contribution in [0.15, 0.2) is 48.5 Å². The SMILES string of the molecule is NC(=O)c1cccc(NC(=O)C2COc3ccccc3C2)c1. The average Bonchev–Trinajstić information content (AvgIpc) is 2.54. The zero-order valence-electron chi connectivity index (χ0n) is 11.9. The van der Waals surface area contributed by atoms with Gasteiger partial charge in [-0.1, -0.05) is 24.3 Å². The number of rotatable bonds is 3. The van der Waals surface area contributed by atoms with Crippen molar-refractivity contribution in [3.8, 4) is 5.75 Å². The van der Waals surface area contributed by atoms with E-state index in [9.17, 15) is 9.59 Å². The molecule has 1 aliphatic heterocycles. The first-order valence-corrected chi connectivity index (χ1v) is 7.05. The van der Waals surface area contributed by atoms with Crippen LogP contribution in [0.2, 0.25) is 0 Å². The summed E-state index contributed by atoms with van der Waals surface area (Å²) in [7, 11) is 0. The lowest BCUT2D eigenvalue weighted by atomic mass is 9.96. The van der Waals surface area contributed by atoms with Crippen molar-refractivity contribution >= 4 is 17.5 Å². The highest BCUT2D eigenvalue weighted by molar-refractivity contribution is 5.97. The number of primary amides is 1. The number of hydrogen-bond donors (Lipinski definition) is 2. The molecular weight excluding hydrogens is 280 g/mol. The minimum Gasteiger partial charge on any atom is -0.492 e. The van der Waals surface area contributed by atoms with Crippen LogP contribution in [0.3, 0.4) is 0 Å². The molecule has 5 heteroatoms. The number of carbonyl (C=O) groups excluding carboxylic acids is 2. The maximum Gasteiger partial charge on any atom is 0.248 e. The number of nitrogens with one attached hydrogen (secondary N) is 1. The van der Waals surface area contributed by atoms with Crippen LogP contribution < -0.4 is 15.8 Å². The number of nitrogens with two attached hydrogens (primary N) is 1. The van der Waals surface area contributed by atoms with Gasteiger partial charge in [-0.05, 0) is 36.2 Å². The highest BCUT2D eigenvalue weighted by Gasteiger charge is 2.25. The number of benzene rings is 2. The van der Waals surface area contributed by atoms with Gasteiger partial charge in [0.1, 0.15) is 12.4 Å². The largest absolute Gasteiger partial charge is 0.492 e. The zero-order valence-corrected chi connectivity index (χ0v) is 11.9. The molecule has 0 bridgehead atoms. The third kappa shape index (κ3) is 2.93. The lowest BCUT2D eigenvalue weighted by molar-refractivity contribution is -0.121. The van der Waals surface area contributed by atoms with Crippen LogP contribution in [0.1, 0.15) is 15.9 Å². The molecule has 0 saturated heterocycles. The van der Waals surface area contributed by atoms with Gasteiger partial charge in [0.25, 0.3) is 0 Å². The number of amides is 2. The summed E-state index contributed by atoms with van der Waals surface area (Å²) < 4.78 is 5.62. The van der Waals surface area contributed by atoms with Crippen LogP contribution in [-0.2, 0) is 11.2 Å². The molecule has 0 spiro atoms. The fourth-order valence-corrected chi connectivity index (χ4v) is 2.49. The van der Waals surface area contributed by atoms with Gasteiger partial charge in [0.05, 0.1) is 5.92 Å². The van der Waals surface area contributed by atoms with Gasteiger partial charge in [-0.3, -0.25) is 9.59 Å². The standard InChI is InChI=1S/C17H16N2O3/c18-16(20)12-5-3-6-14(9-12)19-17(21)13-8-11-4-1-2-7-15(11)22-10-13/h1-7,9,13H,8,10H2,(H2,18,20)(H,19,21). The van der Waals surface area contributed by atoms with E-state index in [1.165, 1.54) is 0 Å². The minimum atomic E-state index is -0.522. The molecule has 2 amide bonds. The quantitative estimate of drug-likeness (QED) is 0.908. The summed E-state index contributed by atoms with van der Waals surface area (Å²) in [6.07, 6.45) is 0.636. The summed E-state index contributed by atoms with van der Waals surface area (Å²) in [6, 6.07) is 14.3. The van der Waals surface area contributed by atoms with Gasteiger partial charge < -0.3 is 15.8 Å². The van der Waals surface area contributed by atoms with Gasteiger partial charge in [0, 0.05) is 11.3 Å². The van der Waals surface area contributed by atoms with Gasteiger partial charge in [-0.15, -0.1) is 0 Å². The molecule has 2 aromatic rings. The second-order valence-corrected chi connectivity index (χ2v) is 5.25. The molecule has 2 aromatic carbocycles. The lowest BCUT2D eigenvalue weighted by Gasteiger charge is -2.24. The number of ether oxygens (including phenoxy) is 1. The first-order valence-electron chi connectivity index (χ1n) is 7.05. The number of fused-ring (bicyclic) bond motifs is 1. The summed E-state index contributed by atoms with van der Waals surface area (Å²) in [5, 5.41) is 2.81. The summed E-state index contributed by atoms with van der Waals surface area (Å²) in [4.78, 5) is 23.5. The normalized spacial score (nSPS) is 16.3. The molecule has 0 saturated carbocycles. The summed E-state index contributed by atoms with van der Waals surface area (Å²) in [5.74, 6) is -0.0726. The Morgan fingerprint density at radius 2 is 1.95 bits per heavy atom. The predicted octanol–water partition coefficient (Wildman–Crippen LogP) is 1.98. The third-order valence-corrected chi connectivity index (χ3v) is 3.66. The van der Waals surface area contributed by atoms with E-state index in [-0.39, 0.29) is 11.8 Å². The van der Waals surface area contributed by atoms with Crippen LogP contribution in [0.25, 0.3) is 0 Å². The first-order chi connectivity index (χ1) is 10.6. The molecule has 1 atom stereocenters.